The van der Waals surface area contributed by atoms with Gasteiger partial charge in [0.05, 0.1) is 17.4 Å². The normalized spacial score (nSPS) is 14.0. The lowest BCUT2D eigenvalue weighted by atomic mass is 10.1. The summed E-state index contributed by atoms with van der Waals surface area (Å²) in [5.74, 6) is 0.498. The smallest absolute Gasteiger partial charge is 0.241 e. The number of thioether (sulfide) groups is 1. The van der Waals surface area contributed by atoms with E-state index in [-0.39, 0.29) is 17.6 Å². The molecule has 0 spiro atoms. The van der Waals surface area contributed by atoms with Crippen LogP contribution in [-0.4, -0.2) is 41.9 Å². The fourth-order valence-electron chi connectivity index (χ4n) is 1.94. The summed E-state index contributed by atoms with van der Waals surface area (Å²) in [7, 11) is 1.93. The van der Waals surface area contributed by atoms with Crippen molar-refractivity contribution < 1.29 is 9.18 Å². The Hall–Kier alpha value is -1.27. The molecule has 1 amide bonds. The molecular weight excluding hydrogens is 289 g/mol. The molecule has 2 atom stereocenters. The number of rotatable bonds is 7. The first-order chi connectivity index (χ1) is 9.86. The number of hydrogen-bond acceptors (Lipinski definition) is 4. The maximum absolute atomic E-state index is 13.0. The van der Waals surface area contributed by atoms with Crippen LogP contribution in [0.1, 0.15) is 20.3 Å². The number of nitrogen functional groups attached to an aromatic ring is 1. The van der Waals surface area contributed by atoms with Gasteiger partial charge >= 0.3 is 0 Å². The minimum Gasteiger partial charge on any atom is -0.397 e. The number of likely N-dealkylation sites (N-methyl/N-ethyl adjacent to an activating group) is 1. The standard InChI is InChI=1S/C15H24FN3OS/c1-10(7-8-21-4)19(3)11(2)15(20)18-14-6-5-12(16)9-13(14)17/h5-6,9-11H,7-8,17H2,1-4H3,(H,18,20). The van der Waals surface area contributed by atoms with Gasteiger partial charge in [-0.15, -0.1) is 0 Å². The lowest BCUT2D eigenvalue weighted by Gasteiger charge is -2.30. The van der Waals surface area contributed by atoms with Crippen LogP contribution in [0.25, 0.3) is 0 Å². The van der Waals surface area contributed by atoms with E-state index in [0.717, 1.165) is 12.2 Å². The summed E-state index contributed by atoms with van der Waals surface area (Å²) >= 11 is 1.79. The Bertz CT molecular complexity index is 484. The quantitative estimate of drug-likeness (QED) is 0.760. The Labute approximate surface area is 130 Å². The van der Waals surface area contributed by atoms with Crippen molar-refractivity contribution in [1.29, 1.82) is 0 Å². The number of benzene rings is 1. The molecule has 1 aromatic rings. The van der Waals surface area contributed by atoms with Gasteiger partial charge in [-0.2, -0.15) is 11.8 Å². The Kier molecular flexibility index (Phi) is 6.98. The molecule has 21 heavy (non-hydrogen) atoms. The highest BCUT2D eigenvalue weighted by molar-refractivity contribution is 7.98. The maximum Gasteiger partial charge on any atom is 0.241 e. The van der Waals surface area contributed by atoms with E-state index >= 15 is 0 Å². The Morgan fingerprint density at radius 2 is 2.14 bits per heavy atom. The molecule has 0 bridgehead atoms. The van der Waals surface area contributed by atoms with Gasteiger partial charge in [-0.25, -0.2) is 4.39 Å². The second kappa shape index (κ2) is 8.24. The van der Waals surface area contributed by atoms with Crippen molar-refractivity contribution in [2.75, 3.05) is 30.1 Å². The molecule has 0 aliphatic carbocycles. The van der Waals surface area contributed by atoms with Crippen LogP contribution in [-0.2, 0) is 4.79 Å². The van der Waals surface area contributed by atoms with Gasteiger partial charge in [0.2, 0.25) is 5.91 Å². The molecule has 0 heterocycles. The fraction of sp³-hybridized carbons (Fsp3) is 0.533. The number of nitrogens with one attached hydrogen (secondary N) is 1. The van der Waals surface area contributed by atoms with E-state index in [9.17, 15) is 9.18 Å². The predicted octanol–water partition coefficient (Wildman–Crippen LogP) is 2.81. The topological polar surface area (TPSA) is 58.4 Å². The third-order valence-corrected chi connectivity index (χ3v) is 4.34. The Balaban J connectivity index is 2.65. The summed E-state index contributed by atoms with van der Waals surface area (Å²) in [6, 6.07) is 3.98. The molecule has 0 aromatic heterocycles. The SMILES string of the molecule is CSCCC(C)N(C)C(C)C(=O)Nc1ccc(F)cc1N. The number of carbonyl (C=O) groups is 1. The van der Waals surface area contributed by atoms with E-state index in [1.165, 1.54) is 18.2 Å². The highest BCUT2D eigenvalue weighted by atomic mass is 32.2. The molecule has 1 rings (SSSR count). The maximum atomic E-state index is 13.0. The third-order valence-electron chi connectivity index (χ3n) is 3.70. The first-order valence-electron chi connectivity index (χ1n) is 6.93. The van der Waals surface area contributed by atoms with E-state index in [1.54, 1.807) is 11.8 Å². The van der Waals surface area contributed by atoms with Gasteiger partial charge in [-0.05, 0) is 57.5 Å². The molecule has 1 aromatic carbocycles. The van der Waals surface area contributed by atoms with Crippen LogP contribution in [0, 0.1) is 5.82 Å². The van der Waals surface area contributed by atoms with E-state index in [1.807, 2.05) is 18.9 Å². The summed E-state index contributed by atoms with van der Waals surface area (Å²) in [5, 5.41) is 2.75. The van der Waals surface area contributed by atoms with Crippen LogP contribution in [0.2, 0.25) is 0 Å². The van der Waals surface area contributed by atoms with Gasteiger partial charge in [0.25, 0.3) is 0 Å². The largest absolute Gasteiger partial charge is 0.397 e. The van der Waals surface area contributed by atoms with Crippen LogP contribution in [0.5, 0.6) is 0 Å². The first kappa shape index (κ1) is 17.8. The Morgan fingerprint density at radius 3 is 2.71 bits per heavy atom. The summed E-state index contributed by atoms with van der Waals surface area (Å²) in [5.41, 5.74) is 6.37. The lowest BCUT2D eigenvalue weighted by molar-refractivity contribution is -0.120. The van der Waals surface area contributed by atoms with Crippen molar-refractivity contribution in [1.82, 2.24) is 4.90 Å². The highest BCUT2D eigenvalue weighted by Crippen LogP contribution is 2.20. The van der Waals surface area contributed by atoms with Gasteiger partial charge in [-0.3, -0.25) is 9.69 Å². The summed E-state index contributed by atoms with van der Waals surface area (Å²) in [4.78, 5) is 14.3. The average Bonchev–Trinajstić information content (AvgIpc) is 2.45. The molecule has 0 radical (unpaired) electrons. The average molecular weight is 313 g/mol. The second-order valence-electron chi connectivity index (χ2n) is 5.19. The van der Waals surface area contributed by atoms with Crippen molar-refractivity contribution in [3.8, 4) is 0 Å². The van der Waals surface area contributed by atoms with Gasteiger partial charge in [-0.1, -0.05) is 0 Å². The molecule has 0 saturated carbocycles. The van der Waals surface area contributed by atoms with E-state index in [2.05, 4.69) is 18.5 Å². The van der Waals surface area contributed by atoms with Crippen molar-refractivity contribution in [3.05, 3.63) is 24.0 Å². The molecule has 6 heteroatoms. The van der Waals surface area contributed by atoms with Crippen LogP contribution in [0.15, 0.2) is 18.2 Å². The number of nitrogens with two attached hydrogens (primary N) is 1. The number of hydrogen-bond donors (Lipinski definition) is 2. The summed E-state index contributed by atoms with van der Waals surface area (Å²) in [6.07, 6.45) is 3.09. The summed E-state index contributed by atoms with van der Waals surface area (Å²) < 4.78 is 13.0. The van der Waals surface area contributed by atoms with Gasteiger partial charge in [0.15, 0.2) is 0 Å². The molecule has 118 valence electrons. The predicted molar refractivity (Wildman–Crippen MR) is 89.1 cm³/mol. The molecule has 4 nitrogen and oxygen atoms in total. The van der Waals surface area contributed by atoms with Crippen molar-refractivity contribution in [2.45, 2.75) is 32.4 Å². The molecule has 0 saturated heterocycles. The molecule has 2 unspecified atom stereocenters. The molecular formula is C15H24FN3OS. The van der Waals surface area contributed by atoms with E-state index in [0.29, 0.717) is 11.7 Å². The van der Waals surface area contributed by atoms with Gasteiger partial charge < -0.3 is 11.1 Å². The fourth-order valence-corrected chi connectivity index (χ4v) is 2.52. The summed E-state index contributed by atoms with van der Waals surface area (Å²) in [6.45, 7) is 3.96. The highest BCUT2D eigenvalue weighted by Gasteiger charge is 2.22. The number of carbonyl (C=O) groups excluding carboxylic acids is 1. The minimum atomic E-state index is -0.415. The van der Waals surface area contributed by atoms with Crippen LogP contribution in [0.4, 0.5) is 15.8 Å². The zero-order chi connectivity index (χ0) is 16.0. The molecule has 0 fully saturated rings. The molecule has 0 aliphatic rings. The van der Waals surface area contributed by atoms with E-state index < -0.39 is 5.82 Å². The van der Waals surface area contributed by atoms with Crippen molar-refractivity contribution in [2.24, 2.45) is 0 Å². The number of nitrogens with zero attached hydrogens (tertiary/aromatic N) is 1. The van der Waals surface area contributed by atoms with Crippen LogP contribution in [0.3, 0.4) is 0 Å². The molecule has 0 aliphatic heterocycles. The molecule has 3 N–H and O–H groups in total. The van der Waals surface area contributed by atoms with Crippen molar-refractivity contribution >= 4 is 29.0 Å². The van der Waals surface area contributed by atoms with Gasteiger partial charge in [0, 0.05) is 6.04 Å². The number of amides is 1. The zero-order valence-corrected chi connectivity index (χ0v) is 13.8. The van der Waals surface area contributed by atoms with Crippen molar-refractivity contribution in [3.63, 3.8) is 0 Å². The van der Waals surface area contributed by atoms with Gasteiger partial charge in [0.1, 0.15) is 5.82 Å². The van der Waals surface area contributed by atoms with Crippen LogP contribution < -0.4 is 11.1 Å². The van der Waals surface area contributed by atoms with Crippen LogP contribution >= 0.6 is 11.8 Å². The zero-order valence-electron chi connectivity index (χ0n) is 13.0. The lowest BCUT2D eigenvalue weighted by Crippen LogP contribution is -2.44. The minimum absolute atomic E-state index is 0.146. The number of anilines is 2. The first-order valence-corrected chi connectivity index (χ1v) is 8.33. The third kappa shape index (κ3) is 5.21. The monoisotopic (exact) mass is 313 g/mol. The van der Waals surface area contributed by atoms with E-state index in [4.69, 9.17) is 5.73 Å². The number of halogens is 1. The Morgan fingerprint density at radius 1 is 1.48 bits per heavy atom. The second-order valence-corrected chi connectivity index (χ2v) is 6.18.